The van der Waals surface area contributed by atoms with Crippen LogP contribution in [0, 0.1) is 17.2 Å². The molecule has 96 valence electrons. The molecule has 19 heavy (non-hydrogen) atoms. The van der Waals surface area contributed by atoms with E-state index in [0.717, 1.165) is 5.56 Å². The summed E-state index contributed by atoms with van der Waals surface area (Å²) >= 11 is 0. The summed E-state index contributed by atoms with van der Waals surface area (Å²) in [6.45, 7) is 0.539. The van der Waals surface area contributed by atoms with Crippen LogP contribution in [0.3, 0.4) is 0 Å². The maximum absolute atomic E-state index is 11.7. The van der Waals surface area contributed by atoms with Crippen LogP contribution in [0.5, 0.6) is 0 Å². The molecule has 1 aliphatic rings. The molecular formula is C14H12N2O3. The Balaban J connectivity index is 1.90. The molecule has 0 aliphatic carbocycles. The highest BCUT2D eigenvalue weighted by atomic mass is 16.4. The van der Waals surface area contributed by atoms with Gasteiger partial charge in [0.15, 0.2) is 0 Å². The van der Waals surface area contributed by atoms with Gasteiger partial charge in [0.2, 0.25) is 5.91 Å². The third-order valence-electron chi connectivity index (χ3n) is 3.00. The molecule has 1 amide bonds. The fourth-order valence-corrected chi connectivity index (χ4v) is 1.76. The predicted molar refractivity (Wildman–Crippen MR) is 67.9 cm³/mol. The average Bonchev–Trinajstić information content (AvgIpc) is 2.34. The first-order valence-electron chi connectivity index (χ1n) is 5.80. The Labute approximate surface area is 110 Å². The zero-order chi connectivity index (χ0) is 13.8. The topological polar surface area (TPSA) is 81.4 Å². The number of nitriles is 1. The number of carboxylic acids is 1. The van der Waals surface area contributed by atoms with Gasteiger partial charge in [-0.2, -0.15) is 5.26 Å². The summed E-state index contributed by atoms with van der Waals surface area (Å²) in [4.78, 5) is 23.8. The Kier molecular flexibility index (Phi) is 3.62. The van der Waals surface area contributed by atoms with Gasteiger partial charge in [-0.3, -0.25) is 9.59 Å². The second kappa shape index (κ2) is 5.36. The SMILES string of the molecule is N#Cc1ccc(C=CC(=O)N2CC(C(=O)O)C2)cc1. The van der Waals surface area contributed by atoms with Crippen molar-refractivity contribution < 1.29 is 14.7 Å². The molecule has 0 atom stereocenters. The van der Waals surface area contributed by atoms with Gasteiger partial charge in [-0.1, -0.05) is 12.1 Å². The van der Waals surface area contributed by atoms with Gasteiger partial charge in [-0.05, 0) is 23.8 Å². The van der Waals surface area contributed by atoms with Gasteiger partial charge in [0.25, 0.3) is 0 Å². The van der Waals surface area contributed by atoms with Gasteiger partial charge in [-0.15, -0.1) is 0 Å². The molecule has 0 spiro atoms. The minimum atomic E-state index is -0.861. The van der Waals surface area contributed by atoms with E-state index in [1.54, 1.807) is 30.3 Å². The number of benzene rings is 1. The summed E-state index contributed by atoms with van der Waals surface area (Å²) in [6.07, 6.45) is 3.07. The molecule has 1 fully saturated rings. The molecule has 0 bridgehead atoms. The van der Waals surface area contributed by atoms with E-state index in [1.165, 1.54) is 11.0 Å². The fraction of sp³-hybridized carbons (Fsp3) is 0.214. The third-order valence-corrected chi connectivity index (χ3v) is 3.00. The second-order valence-electron chi connectivity index (χ2n) is 4.35. The van der Waals surface area contributed by atoms with Crippen molar-refractivity contribution in [2.75, 3.05) is 13.1 Å². The van der Waals surface area contributed by atoms with Gasteiger partial charge in [0, 0.05) is 19.2 Å². The molecule has 5 nitrogen and oxygen atoms in total. The molecular weight excluding hydrogens is 244 g/mol. The van der Waals surface area contributed by atoms with Crippen LogP contribution >= 0.6 is 0 Å². The van der Waals surface area contributed by atoms with Gasteiger partial charge in [0.1, 0.15) is 0 Å². The highest BCUT2D eigenvalue weighted by Crippen LogP contribution is 2.16. The smallest absolute Gasteiger partial charge is 0.310 e. The molecule has 1 aliphatic heterocycles. The lowest BCUT2D eigenvalue weighted by molar-refractivity contribution is -0.151. The van der Waals surface area contributed by atoms with Crippen molar-refractivity contribution in [3.63, 3.8) is 0 Å². The molecule has 0 saturated carbocycles. The van der Waals surface area contributed by atoms with Crippen molar-refractivity contribution in [3.05, 3.63) is 41.5 Å². The van der Waals surface area contributed by atoms with Gasteiger partial charge < -0.3 is 10.0 Å². The number of carbonyl (C=O) groups is 2. The Morgan fingerprint density at radius 3 is 2.47 bits per heavy atom. The molecule has 1 saturated heterocycles. The van der Waals surface area contributed by atoms with Crippen molar-refractivity contribution in [2.45, 2.75) is 0 Å². The average molecular weight is 256 g/mol. The molecule has 0 radical (unpaired) electrons. The Hall–Kier alpha value is -2.61. The van der Waals surface area contributed by atoms with Crippen molar-refractivity contribution in [2.24, 2.45) is 5.92 Å². The molecule has 0 aromatic heterocycles. The monoisotopic (exact) mass is 256 g/mol. The number of aliphatic carboxylic acids is 1. The second-order valence-corrected chi connectivity index (χ2v) is 4.35. The summed E-state index contributed by atoms with van der Waals surface area (Å²) in [6, 6.07) is 8.86. The van der Waals surface area contributed by atoms with E-state index in [-0.39, 0.29) is 19.0 Å². The molecule has 0 unspecified atom stereocenters. The first-order valence-corrected chi connectivity index (χ1v) is 5.80. The summed E-state index contributed by atoms with van der Waals surface area (Å²) in [5, 5.41) is 17.4. The van der Waals surface area contributed by atoms with Crippen molar-refractivity contribution in [1.82, 2.24) is 4.90 Å². The van der Waals surface area contributed by atoms with E-state index in [2.05, 4.69) is 0 Å². The normalized spacial score (nSPS) is 15.0. The zero-order valence-electron chi connectivity index (χ0n) is 10.1. The number of nitrogens with zero attached hydrogens (tertiary/aromatic N) is 2. The van der Waals surface area contributed by atoms with Crippen LogP contribution in [-0.2, 0) is 9.59 Å². The van der Waals surface area contributed by atoms with Crippen molar-refractivity contribution in [3.8, 4) is 6.07 Å². The Morgan fingerprint density at radius 2 is 1.95 bits per heavy atom. The van der Waals surface area contributed by atoms with E-state index in [9.17, 15) is 9.59 Å². The quantitative estimate of drug-likeness (QED) is 0.821. The number of carbonyl (C=O) groups excluding carboxylic acids is 1. The number of carboxylic acid groups (broad SMARTS) is 1. The Bertz CT molecular complexity index is 563. The summed E-state index contributed by atoms with van der Waals surface area (Å²) in [5.74, 6) is -1.49. The lowest BCUT2D eigenvalue weighted by atomic mass is 10.0. The number of hydrogen-bond donors (Lipinski definition) is 1. The lowest BCUT2D eigenvalue weighted by Gasteiger charge is -2.35. The number of amides is 1. The molecule has 1 aromatic rings. The highest BCUT2D eigenvalue weighted by Gasteiger charge is 2.34. The summed E-state index contributed by atoms with van der Waals surface area (Å²) < 4.78 is 0. The van der Waals surface area contributed by atoms with E-state index >= 15 is 0 Å². The number of rotatable bonds is 3. The van der Waals surface area contributed by atoms with E-state index < -0.39 is 11.9 Å². The van der Waals surface area contributed by atoms with E-state index in [1.807, 2.05) is 6.07 Å². The van der Waals surface area contributed by atoms with Crippen LogP contribution in [0.2, 0.25) is 0 Å². The maximum Gasteiger partial charge on any atom is 0.310 e. The van der Waals surface area contributed by atoms with Crippen LogP contribution in [0.4, 0.5) is 0 Å². The predicted octanol–water partition coefficient (Wildman–Crippen LogP) is 1.11. The van der Waals surface area contributed by atoms with Crippen molar-refractivity contribution >= 4 is 18.0 Å². The van der Waals surface area contributed by atoms with Gasteiger partial charge >= 0.3 is 5.97 Å². The number of likely N-dealkylation sites (tertiary alicyclic amines) is 1. The van der Waals surface area contributed by atoms with Crippen LogP contribution in [0.25, 0.3) is 6.08 Å². The number of hydrogen-bond acceptors (Lipinski definition) is 3. The first kappa shape index (κ1) is 12.8. The van der Waals surface area contributed by atoms with Gasteiger partial charge in [-0.25, -0.2) is 0 Å². The maximum atomic E-state index is 11.7. The molecule has 1 aromatic carbocycles. The molecule has 1 heterocycles. The lowest BCUT2D eigenvalue weighted by Crippen LogP contribution is -2.52. The highest BCUT2D eigenvalue weighted by molar-refractivity contribution is 5.93. The zero-order valence-corrected chi connectivity index (χ0v) is 10.1. The minimum Gasteiger partial charge on any atom is -0.481 e. The first-order chi connectivity index (χ1) is 9.10. The minimum absolute atomic E-state index is 0.193. The van der Waals surface area contributed by atoms with Crippen molar-refractivity contribution in [1.29, 1.82) is 5.26 Å². The molecule has 5 heteroatoms. The van der Waals surface area contributed by atoms with Crippen LogP contribution < -0.4 is 0 Å². The van der Waals surface area contributed by atoms with Crippen LogP contribution in [0.1, 0.15) is 11.1 Å². The van der Waals surface area contributed by atoms with Crippen LogP contribution in [0.15, 0.2) is 30.3 Å². The molecule has 2 rings (SSSR count). The van der Waals surface area contributed by atoms with Crippen LogP contribution in [-0.4, -0.2) is 35.0 Å². The summed E-state index contributed by atoms with van der Waals surface area (Å²) in [7, 11) is 0. The fourth-order valence-electron chi connectivity index (χ4n) is 1.76. The van der Waals surface area contributed by atoms with Gasteiger partial charge in [0.05, 0.1) is 17.6 Å². The molecule has 1 N–H and O–H groups in total. The van der Waals surface area contributed by atoms with E-state index in [4.69, 9.17) is 10.4 Å². The largest absolute Gasteiger partial charge is 0.481 e. The third kappa shape index (κ3) is 2.99. The Morgan fingerprint density at radius 1 is 1.32 bits per heavy atom. The summed E-state index contributed by atoms with van der Waals surface area (Å²) in [5.41, 5.74) is 1.39. The standard InChI is InChI=1S/C14H12N2O3/c15-7-11-3-1-10(2-4-11)5-6-13(17)16-8-12(9-16)14(18)19/h1-6,12H,8-9H2,(H,18,19). The van der Waals surface area contributed by atoms with E-state index in [0.29, 0.717) is 5.56 Å².